The van der Waals surface area contributed by atoms with Crippen molar-refractivity contribution >= 4 is 29.2 Å². The molecule has 0 amide bonds. The summed E-state index contributed by atoms with van der Waals surface area (Å²) in [4.78, 5) is 4.29. The maximum atomic E-state index is 12.3. The largest absolute Gasteiger partial charge is 0.573 e. The molecule has 1 aromatic heterocycles. The normalized spacial score (nSPS) is 11.6. The number of ether oxygens (including phenoxy) is 1. The summed E-state index contributed by atoms with van der Waals surface area (Å²) < 4.78 is 42.4. The number of nitrogens with zero attached hydrogens (tertiary/aromatic N) is 4. The Morgan fingerprint density at radius 2 is 1.73 bits per heavy atom. The van der Waals surface area contributed by atoms with Crippen LogP contribution in [0.2, 0.25) is 0 Å². The first kappa shape index (κ1) is 25.8. The van der Waals surface area contributed by atoms with Gasteiger partial charge in [0.2, 0.25) is 0 Å². The number of para-hydroxylation sites is 1. The van der Waals surface area contributed by atoms with Crippen LogP contribution in [-0.4, -0.2) is 32.5 Å². The summed E-state index contributed by atoms with van der Waals surface area (Å²) in [5.41, 5.74) is 7.07. The van der Waals surface area contributed by atoms with Crippen LogP contribution in [0.5, 0.6) is 5.75 Å². The maximum absolute atomic E-state index is 12.3. The first-order valence-corrected chi connectivity index (χ1v) is 11.7. The molecule has 0 bridgehead atoms. The van der Waals surface area contributed by atoms with Gasteiger partial charge in [-0.15, -0.1) is 18.3 Å². The van der Waals surface area contributed by atoms with Crippen molar-refractivity contribution in [1.29, 1.82) is 0 Å². The average molecular weight is 525 g/mol. The summed E-state index contributed by atoms with van der Waals surface area (Å²) >= 11 is 5.34. The molecule has 0 unspecified atom stereocenters. The molecule has 0 aliphatic heterocycles. The first-order chi connectivity index (χ1) is 17.7. The Kier molecular flexibility index (Phi) is 7.83. The van der Waals surface area contributed by atoms with Crippen LogP contribution in [0.1, 0.15) is 30.9 Å². The fraction of sp³-hybridized carbons (Fsp3) is 0.154. The van der Waals surface area contributed by atoms with Gasteiger partial charge in [0.1, 0.15) is 12.1 Å². The minimum absolute atomic E-state index is 0.305. The van der Waals surface area contributed by atoms with Gasteiger partial charge in [-0.25, -0.2) is 9.67 Å². The number of hydrogen-bond acceptors (Lipinski definition) is 5. The van der Waals surface area contributed by atoms with Gasteiger partial charge >= 0.3 is 6.36 Å². The highest BCUT2D eigenvalue weighted by atomic mass is 32.1. The lowest BCUT2D eigenvalue weighted by Crippen LogP contribution is -2.24. The van der Waals surface area contributed by atoms with Gasteiger partial charge in [-0.2, -0.15) is 5.10 Å². The highest BCUT2D eigenvalue weighted by Crippen LogP contribution is 2.25. The fourth-order valence-corrected chi connectivity index (χ4v) is 3.63. The summed E-state index contributed by atoms with van der Waals surface area (Å²) in [6, 6.07) is 20.7. The number of alkyl halides is 3. The molecule has 4 rings (SSSR count). The summed E-state index contributed by atoms with van der Waals surface area (Å²) in [6.07, 6.45) is -1.61. The molecule has 0 atom stereocenters. The lowest BCUT2D eigenvalue weighted by atomic mass is 10.0. The highest BCUT2D eigenvalue weighted by molar-refractivity contribution is 7.80. The standard InChI is InChI=1S/C26H23F3N6OS/c1-17(2)22-5-3-4-6-23(22)32-25(37)33-31-15-18-7-9-19(10-8-18)24-30-16-35(34-24)20-11-13-21(14-12-20)36-26(27,28)29/h3-17H,1-2H3,(H2,32,33,37)/b31-15+. The van der Waals surface area contributed by atoms with Crippen LogP contribution in [0, 0.1) is 0 Å². The summed E-state index contributed by atoms with van der Waals surface area (Å²) in [7, 11) is 0. The van der Waals surface area contributed by atoms with Crippen LogP contribution in [0.4, 0.5) is 18.9 Å². The van der Waals surface area contributed by atoms with Crippen molar-refractivity contribution in [3.05, 3.63) is 90.3 Å². The molecular formula is C26H23F3N6OS. The van der Waals surface area contributed by atoms with E-state index in [2.05, 4.69) is 50.6 Å². The molecule has 1 heterocycles. The second-order valence-corrected chi connectivity index (χ2v) is 8.65. The molecular weight excluding hydrogens is 501 g/mol. The first-order valence-electron chi connectivity index (χ1n) is 11.3. The van der Waals surface area contributed by atoms with Crippen molar-refractivity contribution in [1.82, 2.24) is 20.2 Å². The quantitative estimate of drug-likeness (QED) is 0.168. The fourth-order valence-electron chi connectivity index (χ4n) is 3.47. The van der Waals surface area contributed by atoms with Gasteiger partial charge in [-0.1, -0.05) is 56.3 Å². The van der Waals surface area contributed by atoms with Crippen LogP contribution in [0.25, 0.3) is 17.1 Å². The Morgan fingerprint density at radius 3 is 2.41 bits per heavy atom. The highest BCUT2D eigenvalue weighted by Gasteiger charge is 2.31. The minimum atomic E-state index is -4.74. The number of hydrogen-bond donors (Lipinski definition) is 2. The summed E-state index contributed by atoms with van der Waals surface area (Å²) in [5, 5.41) is 12.1. The van der Waals surface area contributed by atoms with Gasteiger partial charge in [0.25, 0.3) is 0 Å². The third-order valence-electron chi connectivity index (χ3n) is 5.21. The zero-order valence-electron chi connectivity index (χ0n) is 19.9. The van der Waals surface area contributed by atoms with E-state index in [9.17, 15) is 13.2 Å². The second kappa shape index (κ2) is 11.2. The van der Waals surface area contributed by atoms with Gasteiger partial charge < -0.3 is 10.1 Å². The van der Waals surface area contributed by atoms with Crippen LogP contribution in [-0.2, 0) is 0 Å². The van der Waals surface area contributed by atoms with E-state index < -0.39 is 6.36 Å². The smallest absolute Gasteiger partial charge is 0.406 e. The second-order valence-electron chi connectivity index (χ2n) is 8.24. The van der Waals surface area contributed by atoms with E-state index >= 15 is 0 Å². The Labute approximate surface area is 217 Å². The van der Waals surface area contributed by atoms with Gasteiger partial charge in [0.05, 0.1) is 11.9 Å². The zero-order valence-corrected chi connectivity index (χ0v) is 20.7. The Hall–Kier alpha value is -4.25. The van der Waals surface area contributed by atoms with Gasteiger partial charge in [0.15, 0.2) is 10.9 Å². The summed E-state index contributed by atoms with van der Waals surface area (Å²) in [5.74, 6) is 0.513. The predicted molar refractivity (Wildman–Crippen MR) is 141 cm³/mol. The number of halogens is 3. The molecule has 0 aliphatic carbocycles. The number of rotatable bonds is 7. The Morgan fingerprint density at radius 1 is 1.03 bits per heavy atom. The van der Waals surface area contributed by atoms with Crippen molar-refractivity contribution in [3.63, 3.8) is 0 Å². The monoisotopic (exact) mass is 524 g/mol. The lowest BCUT2D eigenvalue weighted by Gasteiger charge is -2.14. The van der Waals surface area contributed by atoms with Crippen LogP contribution in [0.15, 0.2) is 84.2 Å². The number of benzene rings is 3. The van der Waals surface area contributed by atoms with Gasteiger partial charge in [0, 0.05) is 11.3 Å². The van der Waals surface area contributed by atoms with Gasteiger partial charge in [-0.3, -0.25) is 5.43 Å². The Bertz CT molecular complexity index is 1380. The van der Waals surface area contributed by atoms with E-state index in [0.717, 1.165) is 22.4 Å². The molecule has 0 spiro atoms. The van der Waals surface area contributed by atoms with Crippen molar-refractivity contribution in [2.24, 2.45) is 5.10 Å². The number of hydrazone groups is 1. The molecule has 0 saturated heterocycles. The average Bonchev–Trinajstić information content (AvgIpc) is 3.34. The summed E-state index contributed by atoms with van der Waals surface area (Å²) in [6.45, 7) is 4.24. The van der Waals surface area contributed by atoms with E-state index in [4.69, 9.17) is 12.2 Å². The number of thiocarbonyl (C=S) groups is 1. The molecule has 0 saturated carbocycles. The predicted octanol–water partition coefficient (Wildman–Crippen LogP) is 6.28. The topological polar surface area (TPSA) is 76.4 Å². The van der Waals surface area contributed by atoms with Crippen LogP contribution in [0.3, 0.4) is 0 Å². The van der Waals surface area contributed by atoms with E-state index in [1.54, 1.807) is 6.21 Å². The molecule has 4 aromatic rings. The van der Waals surface area contributed by atoms with E-state index in [0.29, 0.717) is 22.5 Å². The van der Waals surface area contributed by atoms with Crippen molar-refractivity contribution < 1.29 is 17.9 Å². The van der Waals surface area contributed by atoms with E-state index in [1.807, 2.05) is 42.5 Å². The molecule has 7 nitrogen and oxygen atoms in total. The molecule has 0 fully saturated rings. The molecule has 2 N–H and O–H groups in total. The zero-order chi connectivity index (χ0) is 26.4. The minimum Gasteiger partial charge on any atom is -0.406 e. The van der Waals surface area contributed by atoms with Gasteiger partial charge in [-0.05, 0) is 59.6 Å². The van der Waals surface area contributed by atoms with Crippen molar-refractivity contribution in [2.75, 3.05) is 5.32 Å². The molecule has 37 heavy (non-hydrogen) atoms. The molecule has 3 aromatic carbocycles. The van der Waals surface area contributed by atoms with E-state index in [1.165, 1.54) is 35.3 Å². The molecule has 0 radical (unpaired) electrons. The lowest BCUT2D eigenvalue weighted by molar-refractivity contribution is -0.274. The number of anilines is 1. The third kappa shape index (κ3) is 7.14. The van der Waals surface area contributed by atoms with Crippen molar-refractivity contribution in [2.45, 2.75) is 26.1 Å². The molecule has 190 valence electrons. The van der Waals surface area contributed by atoms with Crippen LogP contribution < -0.4 is 15.5 Å². The number of aromatic nitrogens is 3. The molecule has 0 aliphatic rings. The SMILES string of the molecule is CC(C)c1ccccc1NC(=S)N/N=C/c1ccc(-c2ncn(-c3ccc(OC(F)(F)F)cc3)n2)cc1. The maximum Gasteiger partial charge on any atom is 0.573 e. The number of nitrogens with one attached hydrogen (secondary N) is 2. The third-order valence-corrected chi connectivity index (χ3v) is 5.40. The Balaban J connectivity index is 1.35. The van der Waals surface area contributed by atoms with Crippen LogP contribution >= 0.6 is 12.2 Å². The van der Waals surface area contributed by atoms with E-state index in [-0.39, 0.29) is 5.75 Å². The molecule has 11 heteroatoms. The van der Waals surface area contributed by atoms with Crippen molar-refractivity contribution in [3.8, 4) is 22.8 Å².